The van der Waals surface area contributed by atoms with E-state index in [0.717, 1.165) is 16.7 Å². The molecule has 0 aliphatic heterocycles. The number of nitrogens with zero attached hydrogens (tertiary/aromatic N) is 3. The minimum Gasteiger partial charge on any atom is -0.423 e. The summed E-state index contributed by atoms with van der Waals surface area (Å²) in [5.41, 5.74) is 5.35. The van der Waals surface area contributed by atoms with Gasteiger partial charge in [0.25, 0.3) is 5.91 Å². The number of amides is 1. The van der Waals surface area contributed by atoms with E-state index in [0.29, 0.717) is 17.3 Å². The first kappa shape index (κ1) is 23.7. The van der Waals surface area contributed by atoms with Crippen molar-refractivity contribution in [3.05, 3.63) is 125 Å². The Kier molecular flexibility index (Phi) is 7.83. The highest BCUT2D eigenvalue weighted by atomic mass is 35.5. The number of hydrogen-bond acceptors (Lipinski definition) is 5. The van der Waals surface area contributed by atoms with E-state index in [2.05, 4.69) is 15.6 Å². The molecule has 0 radical (unpaired) electrons. The van der Waals surface area contributed by atoms with Gasteiger partial charge in [0, 0.05) is 17.3 Å². The number of rotatable bonds is 8. The lowest BCUT2D eigenvalue weighted by Gasteiger charge is -2.02. The van der Waals surface area contributed by atoms with E-state index in [1.807, 2.05) is 54.6 Å². The Morgan fingerprint density at radius 2 is 1.69 bits per heavy atom. The van der Waals surface area contributed by atoms with Crippen molar-refractivity contribution in [1.29, 1.82) is 0 Å². The van der Waals surface area contributed by atoms with Crippen molar-refractivity contribution < 1.29 is 14.3 Å². The fourth-order valence-electron chi connectivity index (χ4n) is 3.07. The lowest BCUT2D eigenvalue weighted by Crippen LogP contribution is -2.18. The minimum absolute atomic E-state index is 0.252. The third-order valence-corrected chi connectivity index (χ3v) is 5.07. The van der Waals surface area contributed by atoms with E-state index in [1.165, 1.54) is 12.3 Å². The molecule has 1 N–H and O–H groups in total. The van der Waals surface area contributed by atoms with Crippen molar-refractivity contribution >= 4 is 35.8 Å². The molecule has 4 rings (SSSR count). The molecule has 0 aliphatic carbocycles. The standard InChI is InChI=1S/C27H21ClN4O3/c28-23-11-6-22(7-12-23)19-32-17-16-25(31-32)27(34)30-29-18-21-8-13-24(14-9-21)35-26(33)15-10-20-4-2-1-3-5-20/h1-18H,19H2,(H,30,34). The highest BCUT2D eigenvalue weighted by Crippen LogP contribution is 2.13. The van der Waals surface area contributed by atoms with Crippen LogP contribution in [0.25, 0.3) is 6.08 Å². The summed E-state index contributed by atoms with van der Waals surface area (Å²) in [7, 11) is 0. The normalized spacial score (nSPS) is 11.1. The number of aromatic nitrogens is 2. The molecule has 1 heterocycles. The molecule has 7 nitrogen and oxygen atoms in total. The molecular formula is C27H21ClN4O3. The summed E-state index contributed by atoms with van der Waals surface area (Å²) in [5.74, 6) is -0.495. The SMILES string of the molecule is O=C(C=Cc1ccccc1)Oc1ccc(C=NNC(=O)c2ccn(Cc3ccc(Cl)cc3)n2)cc1. The Balaban J connectivity index is 1.26. The lowest BCUT2D eigenvalue weighted by atomic mass is 10.2. The number of esters is 1. The van der Waals surface area contributed by atoms with Gasteiger partial charge in [0.1, 0.15) is 5.75 Å². The summed E-state index contributed by atoms with van der Waals surface area (Å²) < 4.78 is 6.95. The summed E-state index contributed by atoms with van der Waals surface area (Å²) in [6.45, 7) is 0.521. The van der Waals surface area contributed by atoms with Crippen molar-refractivity contribution in [3.8, 4) is 5.75 Å². The maximum atomic E-state index is 12.3. The van der Waals surface area contributed by atoms with Gasteiger partial charge in [0.15, 0.2) is 5.69 Å². The second-order valence-corrected chi connectivity index (χ2v) is 7.89. The van der Waals surface area contributed by atoms with Crippen LogP contribution in [0.4, 0.5) is 0 Å². The highest BCUT2D eigenvalue weighted by molar-refractivity contribution is 6.30. The number of ether oxygens (including phenoxy) is 1. The molecule has 35 heavy (non-hydrogen) atoms. The van der Waals surface area contributed by atoms with Crippen LogP contribution in [0.3, 0.4) is 0 Å². The fraction of sp³-hybridized carbons (Fsp3) is 0.0370. The largest absolute Gasteiger partial charge is 0.423 e. The van der Waals surface area contributed by atoms with Crippen LogP contribution in [0.2, 0.25) is 5.02 Å². The summed E-state index contributed by atoms with van der Waals surface area (Å²) in [6.07, 6.45) is 6.27. The molecule has 0 bridgehead atoms. The number of hydrogen-bond donors (Lipinski definition) is 1. The first-order chi connectivity index (χ1) is 17.0. The molecule has 1 amide bonds. The average Bonchev–Trinajstić information content (AvgIpc) is 3.34. The molecule has 1 aromatic heterocycles. The molecule has 4 aromatic rings. The van der Waals surface area contributed by atoms with E-state index in [4.69, 9.17) is 16.3 Å². The average molecular weight is 485 g/mol. The fourth-order valence-corrected chi connectivity index (χ4v) is 3.20. The van der Waals surface area contributed by atoms with E-state index in [1.54, 1.807) is 47.3 Å². The molecule has 0 saturated heterocycles. The second-order valence-electron chi connectivity index (χ2n) is 7.46. The number of carbonyl (C=O) groups is 2. The third-order valence-electron chi connectivity index (χ3n) is 4.82. The molecule has 0 fully saturated rings. The Morgan fingerprint density at radius 1 is 0.943 bits per heavy atom. The Bertz CT molecular complexity index is 1350. The number of nitrogens with one attached hydrogen (secondary N) is 1. The van der Waals surface area contributed by atoms with Crippen LogP contribution >= 0.6 is 11.6 Å². The summed E-state index contributed by atoms with van der Waals surface area (Å²) in [6, 6.07) is 25.3. The van der Waals surface area contributed by atoms with Crippen molar-refractivity contribution in [1.82, 2.24) is 15.2 Å². The molecule has 0 saturated carbocycles. The van der Waals surface area contributed by atoms with Crippen LogP contribution in [0.5, 0.6) is 5.75 Å². The van der Waals surface area contributed by atoms with E-state index in [9.17, 15) is 9.59 Å². The predicted molar refractivity (Wildman–Crippen MR) is 135 cm³/mol. The smallest absolute Gasteiger partial charge is 0.336 e. The number of halogens is 1. The topological polar surface area (TPSA) is 85.6 Å². The number of carbonyl (C=O) groups excluding carboxylic acids is 2. The Morgan fingerprint density at radius 3 is 2.43 bits per heavy atom. The number of benzene rings is 3. The van der Waals surface area contributed by atoms with Gasteiger partial charge >= 0.3 is 5.97 Å². The van der Waals surface area contributed by atoms with Gasteiger partial charge in [-0.3, -0.25) is 9.48 Å². The first-order valence-corrected chi connectivity index (χ1v) is 11.1. The van der Waals surface area contributed by atoms with Crippen LogP contribution in [0, 0.1) is 0 Å². The van der Waals surface area contributed by atoms with E-state index >= 15 is 0 Å². The molecule has 8 heteroatoms. The van der Waals surface area contributed by atoms with Crippen LogP contribution in [0.1, 0.15) is 27.2 Å². The third kappa shape index (κ3) is 7.25. The number of hydrazone groups is 1. The molecule has 0 aliphatic rings. The van der Waals surface area contributed by atoms with E-state index in [-0.39, 0.29) is 5.69 Å². The van der Waals surface area contributed by atoms with Gasteiger partial charge in [-0.2, -0.15) is 10.2 Å². The summed E-state index contributed by atoms with van der Waals surface area (Å²) in [5, 5.41) is 8.90. The van der Waals surface area contributed by atoms with Gasteiger partial charge in [-0.05, 0) is 65.2 Å². The maximum absolute atomic E-state index is 12.3. The van der Waals surface area contributed by atoms with Gasteiger partial charge in [0.2, 0.25) is 0 Å². The molecule has 0 spiro atoms. The van der Waals surface area contributed by atoms with Crippen molar-refractivity contribution in [2.45, 2.75) is 6.54 Å². The van der Waals surface area contributed by atoms with Crippen molar-refractivity contribution in [3.63, 3.8) is 0 Å². The van der Waals surface area contributed by atoms with E-state index < -0.39 is 11.9 Å². The van der Waals surface area contributed by atoms with Gasteiger partial charge in [-0.1, -0.05) is 54.1 Å². The Hall–Kier alpha value is -4.49. The first-order valence-electron chi connectivity index (χ1n) is 10.7. The second kappa shape index (κ2) is 11.6. The van der Waals surface area contributed by atoms with Crippen molar-refractivity contribution in [2.24, 2.45) is 5.10 Å². The van der Waals surface area contributed by atoms with Crippen LogP contribution < -0.4 is 10.2 Å². The minimum atomic E-state index is -0.474. The summed E-state index contributed by atoms with van der Waals surface area (Å²) >= 11 is 5.90. The zero-order valence-corrected chi connectivity index (χ0v) is 19.3. The monoisotopic (exact) mass is 484 g/mol. The molecular weight excluding hydrogens is 464 g/mol. The van der Waals surface area contributed by atoms with Gasteiger partial charge < -0.3 is 4.74 Å². The zero-order valence-electron chi connectivity index (χ0n) is 18.5. The van der Waals surface area contributed by atoms with Crippen LogP contribution in [-0.4, -0.2) is 27.9 Å². The molecule has 0 unspecified atom stereocenters. The lowest BCUT2D eigenvalue weighted by molar-refractivity contribution is -0.128. The zero-order chi connectivity index (χ0) is 24.5. The Labute approximate surface area is 207 Å². The van der Waals surface area contributed by atoms with Gasteiger partial charge in [0.05, 0.1) is 12.8 Å². The van der Waals surface area contributed by atoms with Crippen LogP contribution in [0.15, 0.2) is 102 Å². The highest BCUT2D eigenvalue weighted by Gasteiger charge is 2.09. The quantitative estimate of drug-likeness (QED) is 0.126. The summed E-state index contributed by atoms with van der Waals surface area (Å²) in [4.78, 5) is 24.3. The predicted octanol–water partition coefficient (Wildman–Crippen LogP) is 4.97. The molecule has 0 atom stereocenters. The van der Waals surface area contributed by atoms with Crippen molar-refractivity contribution in [2.75, 3.05) is 0 Å². The van der Waals surface area contributed by atoms with Gasteiger partial charge in [-0.25, -0.2) is 10.2 Å². The molecule has 174 valence electrons. The van der Waals surface area contributed by atoms with Crippen LogP contribution in [-0.2, 0) is 11.3 Å². The molecule has 3 aromatic carbocycles. The van der Waals surface area contributed by atoms with Gasteiger partial charge in [-0.15, -0.1) is 0 Å². The maximum Gasteiger partial charge on any atom is 0.336 e.